The number of benzene rings is 1. The first-order chi connectivity index (χ1) is 8.97. The summed E-state index contributed by atoms with van der Waals surface area (Å²) in [6.07, 6.45) is -3.28. The Bertz CT molecular complexity index is 666. The van der Waals surface area contributed by atoms with Gasteiger partial charge in [0.05, 0.1) is 16.6 Å². The van der Waals surface area contributed by atoms with E-state index in [9.17, 15) is 18.0 Å². The van der Waals surface area contributed by atoms with Gasteiger partial charge in [-0.15, -0.1) is 0 Å². The predicted octanol–water partition coefficient (Wildman–Crippen LogP) is 2.66. The van der Waals surface area contributed by atoms with E-state index in [1.54, 1.807) is 0 Å². The molecule has 1 N–H and O–H groups in total. The Hall–Kier alpha value is -1.76. The standard InChI is InChI=1S/C12H11F3N2O2/c13-12(14,15)7-3-4-9-8(6-7)16-11(18)17(9)10-2-1-5-19-10/h3-4,6,10H,1-2,5H2,(H,16,18). The van der Waals surface area contributed by atoms with E-state index in [0.29, 0.717) is 18.5 Å². The van der Waals surface area contributed by atoms with E-state index in [1.165, 1.54) is 10.6 Å². The van der Waals surface area contributed by atoms with Crippen molar-refractivity contribution in [3.63, 3.8) is 0 Å². The number of halogens is 3. The number of hydrogen-bond donors (Lipinski definition) is 1. The molecule has 4 nitrogen and oxygen atoms in total. The van der Waals surface area contributed by atoms with Gasteiger partial charge in [-0.3, -0.25) is 4.57 Å². The van der Waals surface area contributed by atoms with Gasteiger partial charge in [-0.1, -0.05) is 0 Å². The first-order valence-electron chi connectivity index (χ1n) is 5.90. The van der Waals surface area contributed by atoms with Gasteiger partial charge in [0.1, 0.15) is 6.23 Å². The first-order valence-corrected chi connectivity index (χ1v) is 5.90. The highest BCUT2D eigenvalue weighted by Crippen LogP contribution is 2.32. The second-order valence-corrected chi connectivity index (χ2v) is 4.50. The third-order valence-corrected chi connectivity index (χ3v) is 3.24. The molecule has 0 bridgehead atoms. The zero-order chi connectivity index (χ0) is 13.6. The van der Waals surface area contributed by atoms with Gasteiger partial charge >= 0.3 is 11.9 Å². The number of ether oxygens (including phenoxy) is 1. The third kappa shape index (κ3) is 2.03. The highest BCUT2D eigenvalue weighted by Gasteiger charge is 2.31. The summed E-state index contributed by atoms with van der Waals surface area (Å²) in [5, 5.41) is 0. The van der Waals surface area contributed by atoms with Crippen LogP contribution in [0.4, 0.5) is 13.2 Å². The van der Waals surface area contributed by atoms with Crippen molar-refractivity contribution >= 4 is 11.0 Å². The van der Waals surface area contributed by atoms with Crippen LogP contribution in [0.15, 0.2) is 23.0 Å². The van der Waals surface area contributed by atoms with Crippen LogP contribution in [0.25, 0.3) is 11.0 Å². The molecule has 0 amide bonds. The monoisotopic (exact) mass is 272 g/mol. The lowest BCUT2D eigenvalue weighted by molar-refractivity contribution is -0.137. The lowest BCUT2D eigenvalue weighted by atomic mass is 10.2. The van der Waals surface area contributed by atoms with Crippen LogP contribution < -0.4 is 5.69 Å². The topological polar surface area (TPSA) is 47.0 Å². The van der Waals surface area contributed by atoms with E-state index in [-0.39, 0.29) is 5.52 Å². The number of imidazole rings is 1. The Kier molecular flexibility index (Phi) is 2.67. The number of aromatic nitrogens is 2. The van der Waals surface area contributed by atoms with Crippen LogP contribution in [0.1, 0.15) is 24.6 Å². The molecule has 1 fully saturated rings. The van der Waals surface area contributed by atoms with E-state index < -0.39 is 23.7 Å². The van der Waals surface area contributed by atoms with Gasteiger partial charge in [0.2, 0.25) is 0 Å². The average molecular weight is 272 g/mol. The lowest BCUT2D eigenvalue weighted by Crippen LogP contribution is -2.21. The summed E-state index contributed by atoms with van der Waals surface area (Å²) in [4.78, 5) is 14.3. The van der Waals surface area contributed by atoms with Gasteiger partial charge in [0.25, 0.3) is 0 Å². The average Bonchev–Trinajstić information content (AvgIpc) is 2.92. The van der Waals surface area contributed by atoms with E-state index in [2.05, 4.69) is 4.98 Å². The molecule has 2 aromatic rings. The molecule has 1 unspecified atom stereocenters. The molecule has 3 rings (SSSR count). The second kappa shape index (κ2) is 4.12. The molecule has 1 saturated heterocycles. The minimum atomic E-state index is -4.42. The predicted molar refractivity (Wildman–Crippen MR) is 61.8 cm³/mol. The van der Waals surface area contributed by atoms with Crippen molar-refractivity contribution in [3.8, 4) is 0 Å². The maximum atomic E-state index is 12.6. The van der Waals surface area contributed by atoms with Crippen LogP contribution in [0, 0.1) is 0 Å². The maximum absolute atomic E-state index is 12.6. The van der Waals surface area contributed by atoms with Crippen molar-refractivity contribution in [2.24, 2.45) is 0 Å². The maximum Gasteiger partial charge on any atom is 0.416 e. The van der Waals surface area contributed by atoms with Gasteiger partial charge in [-0.2, -0.15) is 13.2 Å². The van der Waals surface area contributed by atoms with Crippen molar-refractivity contribution in [2.75, 3.05) is 6.61 Å². The number of hydrogen-bond acceptors (Lipinski definition) is 2. The van der Waals surface area contributed by atoms with Crippen LogP contribution in [-0.2, 0) is 10.9 Å². The summed E-state index contributed by atoms with van der Waals surface area (Å²) >= 11 is 0. The second-order valence-electron chi connectivity index (χ2n) is 4.50. The molecule has 1 aromatic carbocycles. The van der Waals surface area contributed by atoms with Gasteiger partial charge in [-0.05, 0) is 31.0 Å². The number of aromatic amines is 1. The molecule has 0 aliphatic carbocycles. The fraction of sp³-hybridized carbons (Fsp3) is 0.417. The fourth-order valence-corrected chi connectivity index (χ4v) is 2.36. The molecule has 102 valence electrons. The number of H-pyrrole nitrogens is 1. The summed E-state index contributed by atoms with van der Waals surface area (Å²) in [6, 6.07) is 3.22. The lowest BCUT2D eigenvalue weighted by Gasteiger charge is -2.11. The summed E-state index contributed by atoms with van der Waals surface area (Å²) in [6.45, 7) is 0.560. The van der Waals surface area contributed by atoms with Crippen LogP contribution >= 0.6 is 0 Å². The van der Waals surface area contributed by atoms with Crippen molar-refractivity contribution in [1.29, 1.82) is 0 Å². The number of nitrogens with zero attached hydrogens (tertiary/aromatic N) is 1. The Morgan fingerprint density at radius 3 is 2.79 bits per heavy atom. The first kappa shape index (κ1) is 12.3. The molecule has 0 radical (unpaired) electrons. The summed E-state index contributed by atoms with van der Waals surface area (Å²) in [7, 11) is 0. The SMILES string of the molecule is O=c1[nH]c2cc(C(F)(F)F)ccc2n1C1CCCO1. The minimum Gasteiger partial charge on any atom is -0.358 e. The van der Waals surface area contributed by atoms with Crippen molar-refractivity contribution in [1.82, 2.24) is 9.55 Å². The Balaban J connectivity index is 2.15. The normalized spacial score (nSPS) is 20.3. The van der Waals surface area contributed by atoms with Crippen molar-refractivity contribution in [3.05, 3.63) is 34.2 Å². The number of alkyl halides is 3. The largest absolute Gasteiger partial charge is 0.416 e. The molecule has 1 atom stereocenters. The Morgan fingerprint density at radius 1 is 1.37 bits per heavy atom. The molecular formula is C12H11F3N2O2. The quantitative estimate of drug-likeness (QED) is 0.867. The highest BCUT2D eigenvalue weighted by atomic mass is 19.4. The summed E-state index contributed by atoms with van der Waals surface area (Å²) in [5.41, 5.74) is -0.609. The van der Waals surface area contributed by atoms with Gasteiger partial charge in [-0.25, -0.2) is 4.79 Å². The van der Waals surface area contributed by atoms with E-state index in [4.69, 9.17) is 4.74 Å². The minimum absolute atomic E-state index is 0.176. The van der Waals surface area contributed by atoms with Crippen molar-refractivity contribution < 1.29 is 17.9 Å². The van der Waals surface area contributed by atoms with E-state index in [1.807, 2.05) is 0 Å². The molecule has 2 heterocycles. The molecule has 1 aliphatic heterocycles. The van der Waals surface area contributed by atoms with E-state index >= 15 is 0 Å². The van der Waals surface area contributed by atoms with Gasteiger partial charge < -0.3 is 9.72 Å². The smallest absolute Gasteiger partial charge is 0.358 e. The third-order valence-electron chi connectivity index (χ3n) is 3.24. The molecule has 0 spiro atoms. The van der Waals surface area contributed by atoms with Crippen LogP contribution in [0.3, 0.4) is 0 Å². The number of rotatable bonds is 1. The zero-order valence-corrected chi connectivity index (χ0v) is 9.83. The molecule has 0 saturated carbocycles. The van der Waals surface area contributed by atoms with Crippen molar-refractivity contribution in [2.45, 2.75) is 25.2 Å². The van der Waals surface area contributed by atoms with Crippen LogP contribution in [0.2, 0.25) is 0 Å². The van der Waals surface area contributed by atoms with E-state index in [0.717, 1.165) is 18.6 Å². The van der Waals surface area contributed by atoms with Gasteiger partial charge in [0.15, 0.2) is 0 Å². The molecule has 7 heteroatoms. The highest BCUT2D eigenvalue weighted by molar-refractivity contribution is 5.76. The number of fused-ring (bicyclic) bond motifs is 1. The van der Waals surface area contributed by atoms with Crippen LogP contribution in [0.5, 0.6) is 0 Å². The molecule has 1 aromatic heterocycles. The zero-order valence-electron chi connectivity index (χ0n) is 9.83. The fourth-order valence-electron chi connectivity index (χ4n) is 2.36. The summed E-state index contributed by atoms with van der Waals surface area (Å²) < 4.78 is 44.6. The molecule has 1 aliphatic rings. The van der Waals surface area contributed by atoms with Gasteiger partial charge in [0, 0.05) is 6.61 Å². The Labute approximate surface area is 105 Å². The Morgan fingerprint density at radius 2 is 2.16 bits per heavy atom. The molecule has 19 heavy (non-hydrogen) atoms. The summed E-state index contributed by atoms with van der Waals surface area (Å²) in [5.74, 6) is 0. The number of nitrogens with one attached hydrogen (secondary N) is 1. The molecular weight excluding hydrogens is 261 g/mol. The van der Waals surface area contributed by atoms with Crippen LogP contribution in [-0.4, -0.2) is 16.2 Å².